The molecule has 0 radical (unpaired) electrons. The van der Waals surface area contributed by atoms with Crippen molar-refractivity contribution < 1.29 is 29.0 Å². The Morgan fingerprint density at radius 3 is 2.31 bits per heavy atom. The van der Waals surface area contributed by atoms with Crippen LogP contribution in [0.15, 0.2) is 48.5 Å². The van der Waals surface area contributed by atoms with Crippen LogP contribution in [-0.4, -0.2) is 71.0 Å². The third-order valence-electron chi connectivity index (χ3n) is 6.55. The molecule has 2 amide bonds. The fraction of sp³-hybridized carbons (Fsp3) is 0.423. The number of aliphatic carboxylic acids is 1. The summed E-state index contributed by atoms with van der Waals surface area (Å²) in [5.74, 6) is -1.14. The number of rotatable bonds is 8. The lowest BCUT2D eigenvalue weighted by molar-refractivity contribution is -0.156. The molecule has 0 saturated carbocycles. The first-order chi connectivity index (χ1) is 16.7. The van der Waals surface area contributed by atoms with E-state index in [9.17, 15) is 19.5 Å². The van der Waals surface area contributed by atoms with Crippen molar-refractivity contribution >= 4 is 29.7 Å². The summed E-state index contributed by atoms with van der Waals surface area (Å²) in [6.45, 7) is 3.31. The second-order valence-corrected chi connectivity index (χ2v) is 10.1. The number of hydrogen-bond acceptors (Lipinski definition) is 6. The van der Waals surface area contributed by atoms with Crippen LogP contribution in [0.3, 0.4) is 0 Å². The maximum atomic E-state index is 13.4. The minimum Gasteiger partial charge on any atom is -0.480 e. The predicted molar refractivity (Wildman–Crippen MR) is 133 cm³/mol. The number of alkyl carbamates (subject to hydrolysis) is 1. The van der Waals surface area contributed by atoms with Crippen LogP contribution in [-0.2, 0) is 19.1 Å². The molecule has 1 aliphatic carbocycles. The van der Waals surface area contributed by atoms with E-state index in [-0.39, 0.29) is 19.1 Å². The number of ether oxygens (including phenoxy) is 2. The minimum absolute atomic E-state index is 0.101. The average molecular weight is 499 g/mol. The number of fused-ring (bicyclic) bond motifs is 3. The van der Waals surface area contributed by atoms with Crippen LogP contribution in [0.2, 0.25) is 0 Å². The highest BCUT2D eigenvalue weighted by atomic mass is 32.2. The zero-order valence-corrected chi connectivity index (χ0v) is 20.8. The molecule has 2 aromatic carbocycles. The summed E-state index contributed by atoms with van der Waals surface area (Å²) in [7, 11) is 0. The van der Waals surface area contributed by atoms with Crippen molar-refractivity contribution in [2.75, 3.05) is 25.2 Å². The van der Waals surface area contributed by atoms with Gasteiger partial charge in [0, 0.05) is 5.92 Å². The number of carbonyl (C=O) groups is 3. The van der Waals surface area contributed by atoms with Crippen LogP contribution in [0.25, 0.3) is 11.1 Å². The molecule has 2 N–H and O–H groups in total. The smallest absolute Gasteiger partial charge is 0.407 e. The van der Waals surface area contributed by atoms with E-state index in [0.717, 1.165) is 22.3 Å². The Morgan fingerprint density at radius 2 is 1.74 bits per heavy atom. The first kappa shape index (κ1) is 25.1. The Labute approximate surface area is 209 Å². The summed E-state index contributed by atoms with van der Waals surface area (Å²) in [5, 5.41) is 12.3. The van der Waals surface area contributed by atoms with Crippen LogP contribution < -0.4 is 5.32 Å². The Hall–Kier alpha value is -3.04. The molecule has 0 bridgehead atoms. The van der Waals surface area contributed by atoms with E-state index < -0.39 is 35.8 Å². The topological polar surface area (TPSA) is 105 Å². The number of nitrogens with zero attached hydrogens (tertiary/aromatic N) is 1. The molecule has 1 heterocycles. The van der Waals surface area contributed by atoms with Gasteiger partial charge in [0.1, 0.15) is 18.4 Å². The number of hydrogen-bond donors (Lipinski definition) is 2. The zero-order chi connectivity index (χ0) is 25.2. The van der Waals surface area contributed by atoms with Gasteiger partial charge in [-0.25, -0.2) is 9.59 Å². The van der Waals surface area contributed by atoms with E-state index in [2.05, 4.69) is 17.4 Å². The van der Waals surface area contributed by atoms with E-state index in [1.54, 1.807) is 13.8 Å². The van der Waals surface area contributed by atoms with Gasteiger partial charge in [0.05, 0.1) is 6.61 Å². The third-order valence-corrected chi connectivity index (χ3v) is 7.20. The first-order valence-electron chi connectivity index (χ1n) is 11.5. The normalized spacial score (nSPS) is 19.1. The van der Waals surface area contributed by atoms with Crippen LogP contribution in [0.1, 0.15) is 37.3 Å². The number of carboxylic acid groups (broad SMARTS) is 1. The van der Waals surface area contributed by atoms with Gasteiger partial charge >= 0.3 is 12.1 Å². The maximum absolute atomic E-state index is 13.4. The molecule has 35 heavy (non-hydrogen) atoms. The van der Waals surface area contributed by atoms with E-state index in [0.29, 0.717) is 12.2 Å². The molecule has 1 aliphatic heterocycles. The highest BCUT2D eigenvalue weighted by Crippen LogP contribution is 2.44. The number of thioether (sulfide) groups is 1. The molecular weight excluding hydrogens is 468 g/mol. The standard InChI is InChI=1S/C26H30N2O6S/c1-26(2)28(22(15-34-26)24(30)31)23(29)21(12-13-35-3)27-25(32)33-14-20-18-10-6-4-8-16(18)17-9-5-7-11-19(17)20/h4-11,20-22H,12-15H2,1-3H3,(H,27,32)(H,30,31)/t21?,22-/m0/s1. The Kier molecular flexibility index (Phi) is 7.37. The Balaban J connectivity index is 1.47. The zero-order valence-electron chi connectivity index (χ0n) is 20.0. The van der Waals surface area contributed by atoms with Crippen LogP contribution in [0, 0.1) is 0 Å². The maximum Gasteiger partial charge on any atom is 0.407 e. The SMILES string of the molecule is CSCCC(NC(=O)OCC1c2ccccc2-c2ccccc21)C(=O)N1[C@H](C(=O)O)COC1(C)C. The lowest BCUT2D eigenvalue weighted by Crippen LogP contribution is -2.57. The van der Waals surface area contributed by atoms with Gasteiger partial charge in [0.15, 0.2) is 6.04 Å². The molecule has 4 rings (SSSR count). The Bertz CT molecular complexity index is 1080. The molecular formula is C26H30N2O6S. The van der Waals surface area contributed by atoms with Crippen molar-refractivity contribution in [3.63, 3.8) is 0 Å². The van der Waals surface area contributed by atoms with Gasteiger partial charge in [-0.15, -0.1) is 0 Å². The molecule has 1 fully saturated rings. The highest BCUT2D eigenvalue weighted by Gasteiger charge is 2.49. The van der Waals surface area contributed by atoms with E-state index >= 15 is 0 Å². The molecule has 2 aliphatic rings. The number of carboxylic acids is 1. The van der Waals surface area contributed by atoms with Crippen molar-refractivity contribution in [3.8, 4) is 11.1 Å². The number of benzene rings is 2. The quantitative estimate of drug-likeness (QED) is 0.572. The van der Waals surface area contributed by atoms with Gasteiger partial charge in [-0.3, -0.25) is 9.69 Å². The van der Waals surface area contributed by atoms with Crippen LogP contribution >= 0.6 is 11.8 Å². The third kappa shape index (κ3) is 5.01. The fourth-order valence-corrected chi connectivity index (χ4v) is 5.32. The molecule has 1 unspecified atom stereocenters. The molecule has 0 aromatic heterocycles. The van der Waals surface area contributed by atoms with E-state index in [1.165, 1.54) is 16.7 Å². The number of carbonyl (C=O) groups excluding carboxylic acids is 2. The fourth-order valence-electron chi connectivity index (χ4n) is 4.85. The lowest BCUT2D eigenvalue weighted by Gasteiger charge is -2.35. The van der Waals surface area contributed by atoms with Gasteiger partial charge in [-0.05, 0) is 54.5 Å². The second-order valence-electron chi connectivity index (χ2n) is 9.12. The molecule has 2 atom stereocenters. The van der Waals surface area contributed by atoms with E-state index in [1.807, 2.05) is 42.7 Å². The predicted octanol–water partition coefficient (Wildman–Crippen LogP) is 3.69. The molecule has 8 nitrogen and oxygen atoms in total. The monoisotopic (exact) mass is 498 g/mol. The summed E-state index contributed by atoms with van der Waals surface area (Å²) in [6, 6.07) is 14.1. The largest absolute Gasteiger partial charge is 0.480 e. The van der Waals surface area contributed by atoms with Gasteiger partial charge in [-0.1, -0.05) is 48.5 Å². The molecule has 9 heteroatoms. The second kappa shape index (κ2) is 10.3. The number of nitrogens with one attached hydrogen (secondary N) is 1. The van der Waals surface area contributed by atoms with Crippen molar-refractivity contribution in [1.29, 1.82) is 0 Å². The van der Waals surface area contributed by atoms with Crippen molar-refractivity contribution in [3.05, 3.63) is 59.7 Å². The highest BCUT2D eigenvalue weighted by molar-refractivity contribution is 7.98. The number of amides is 2. The van der Waals surface area contributed by atoms with Gasteiger partial charge < -0.3 is 19.9 Å². The molecule has 2 aromatic rings. The van der Waals surface area contributed by atoms with Gasteiger partial charge in [0.25, 0.3) is 0 Å². The summed E-state index contributed by atoms with van der Waals surface area (Å²) in [5.41, 5.74) is 3.34. The molecule has 186 valence electrons. The lowest BCUT2D eigenvalue weighted by atomic mass is 9.98. The molecule has 0 spiro atoms. The summed E-state index contributed by atoms with van der Waals surface area (Å²) in [6.07, 6.45) is 1.53. The van der Waals surface area contributed by atoms with Crippen LogP contribution in [0.4, 0.5) is 4.79 Å². The minimum atomic E-state index is -1.14. The first-order valence-corrected chi connectivity index (χ1v) is 12.9. The van der Waals surface area contributed by atoms with Crippen molar-refractivity contribution in [2.45, 2.75) is 44.0 Å². The van der Waals surface area contributed by atoms with Gasteiger partial charge in [0.2, 0.25) is 5.91 Å². The van der Waals surface area contributed by atoms with Crippen LogP contribution in [0.5, 0.6) is 0 Å². The van der Waals surface area contributed by atoms with Crippen molar-refractivity contribution in [1.82, 2.24) is 10.2 Å². The molecule has 1 saturated heterocycles. The van der Waals surface area contributed by atoms with E-state index in [4.69, 9.17) is 9.47 Å². The van der Waals surface area contributed by atoms with Gasteiger partial charge in [-0.2, -0.15) is 11.8 Å². The van der Waals surface area contributed by atoms with Crippen molar-refractivity contribution in [2.24, 2.45) is 0 Å². The Morgan fingerprint density at radius 1 is 1.14 bits per heavy atom. The summed E-state index contributed by atoms with van der Waals surface area (Å²) < 4.78 is 11.2. The average Bonchev–Trinajstić information content (AvgIpc) is 3.34. The summed E-state index contributed by atoms with van der Waals surface area (Å²) in [4.78, 5) is 39.2. The summed E-state index contributed by atoms with van der Waals surface area (Å²) >= 11 is 1.53.